The number of para-hydroxylation sites is 1. The summed E-state index contributed by atoms with van der Waals surface area (Å²) in [5.41, 5.74) is 4.76. The number of pyridine rings is 2. The van der Waals surface area contributed by atoms with Gasteiger partial charge in [-0.2, -0.15) is 0 Å². The molecule has 122 valence electrons. The van der Waals surface area contributed by atoms with Gasteiger partial charge in [0.1, 0.15) is 10.9 Å². The Morgan fingerprint density at radius 3 is 2.44 bits per heavy atom. The fraction of sp³-hybridized carbons (Fsp3) is 0.0476. The van der Waals surface area contributed by atoms with Crippen LogP contribution in [0.1, 0.15) is 0 Å². The van der Waals surface area contributed by atoms with Crippen LogP contribution in [0.5, 0.6) is 5.75 Å². The van der Waals surface area contributed by atoms with Gasteiger partial charge in [0.05, 0.1) is 18.3 Å². The molecule has 0 N–H and O–H groups in total. The summed E-state index contributed by atoms with van der Waals surface area (Å²) in [5.74, 6) is 0.786. The topological polar surface area (TPSA) is 35.0 Å². The molecule has 4 rings (SSSR count). The first-order chi connectivity index (χ1) is 12.3. The van der Waals surface area contributed by atoms with Crippen molar-refractivity contribution in [1.82, 2.24) is 9.97 Å². The lowest BCUT2D eigenvalue weighted by Gasteiger charge is -2.12. The number of rotatable bonds is 3. The van der Waals surface area contributed by atoms with E-state index in [1.54, 1.807) is 19.4 Å². The van der Waals surface area contributed by atoms with Crippen LogP contribution in [0.4, 0.5) is 0 Å². The minimum Gasteiger partial charge on any atom is -0.496 e. The number of aromatic nitrogens is 2. The molecule has 0 amide bonds. The van der Waals surface area contributed by atoms with E-state index in [2.05, 4.69) is 23.2 Å². The summed E-state index contributed by atoms with van der Waals surface area (Å²) < 4.78 is 5.50. The molecule has 0 fully saturated rings. The number of nitrogens with zero attached hydrogens (tertiary/aromatic N) is 2. The summed E-state index contributed by atoms with van der Waals surface area (Å²) in [4.78, 5) is 9.03. The van der Waals surface area contributed by atoms with Gasteiger partial charge in [-0.15, -0.1) is 0 Å². The second kappa shape index (κ2) is 6.54. The van der Waals surface area contributed by atoms with E-state index in [1.807, 2.05) is 42.5 Å². The highest BCUT2D eigenvalue weighted by Crippen LogP contribution is 2.35. The maximum absolute atomic E-state index is 6.10. The van der Waals surface area contributed by atoms with Crippen LogP contribution in [-0.4, -0.2) is 17.1 Å². The summed E-state index contributed by atoms with van der Waals surface area (Å²) in [6.45, 7) is 0. The van der Waals surface area contributed by atoms with E-state index in [-0.39, 0.29) is 0 Å². The molecule has 2 aromatic carbocycles. The molecule has 3 nitrogen and oxygen atoms in total. The normalized spacial score (nSPS) is 10.8. The van der Waals surface area contributed by atoms with Crippen LogP contribution in [0.15, 0.2) is 72.9 Å². The molecule has 2 heterocycles. The van der Waals surface area contributed by atoms with Gasteiger partial charge in [-0.3, -0.25) is 0 Å². The molecule has 0 atom stereocenters. The fourth-order valence-corrected chi connectivity index (χ4v) is 3.10. The van der Waals surface area contributed by atoms with Gasteiger partial charge in [0.2, 0.25) is 0 Å². The number of hydrogen-bond donors (Lipinski definition) is 0. The van der Waals surface area contributed by atoms with Crippen LogP contribution in [0.25, 0.3) is 33.3 Å². The monoisotopic (exact) mass is 346 g/mol. The summed E-state index contributed by atoms with van der Waals surface area (Å²) in [5, 5.41) is 1.39. The predicted octanol–water partition coefficient (Wildman–Crippen LogP) is 5.63. The number of halogens is 1. The standard InChI is InChI=1S/C21H15ClN2O/c1-25-20-10-6-5-9-15(20)18-11-16(14-7-3-2-4-8-14)17-13-23-21(22)12-19(17)24-18/h2-13H,1H3. The highest BCUT2D eigenvalue weighted by molar-refractivity contribution is 6.30. The van der Waals surface area contributed by atoms with Crippen molar-refractivity contribution in [1.29, 1.82) is 0 Å². The van der Waals surface area contributed by atoms with E-state index in [0.717, 1.165) is 39.0 Å². The van der Waals surface area contributed by atoms with Gasteiger partial charge < -0.3 is 4.74 Å². The van der Waals surface area contributed by atoms with Crippen LogP contribution in [-0.2, 0) is 0 Å². The first-order valence-corrected chi connectivity index (χ1v) is 8.29. The molecule has 0 aliphatic rings. The molecule has 0 saturated carbocycles. The molecule has 4 aromatic rings. The van der Waals surface area contributed by atoms with E-state index in [0.29, 0.717) is 5.15 Å². The summed E-state index contributed by atoms with van der Waals surface area (Å²) in [6.07, 6.45) is 1.78. The molecule has 0 radical (unpaired) electrons. The minimum atomic E-state index is 0.427. The third-order valence-electron chi connectivity index (χ3n) is 4.13. The average Bonchev–Trinajstić information content (AvgIpc) is 2.67. The molecule has 0 aliphatic carbocycles. The van der Waals surface area contributed by atoms with E-state index in [9.17, 15) is 0 Å². The summed E-state index contributed by atoms with van der Waals surface area (Å²) in [7, 11) is 1.67. The lowest BCUT2D eigenvalue weighted by molar-refractivity contribution is 0.416. The van der Waals surface area contributed by atoms with Crippen molar-refractivity contribution in [2.45, 2.75) is 0 Å². The van der Waals surface area contributed by atoms with Crippen LogP contribution in [0.2, 0.25) is 5.15 Å². The van der Waals surface area contributed by atoms with Crippen molar-refractivity contribution in [3.05, 3.63) is 78.1 Å². The van der Waals surface area contributed by atoms with Gasteiger partial charge >= 0.3 is 0 Å². The Kier molecular flexibility index (Phi) is 4.08. The molecule has 0 aliphatic heterocycles. The largest absolute Gasteiger partial charge is 0.496 e. The molecule has 25 heavy (non-hydrogen) atoms. The van der Waals surface area contributed by atoms with E-state index >= 15 is 0 Å². The van der Waals surface area contributed by atoms with E-state index in [1.165, 1.54) is 0 Å². The maximum Gasteiger partial charge on any atom is 0.131 e. The Morgan fingerprint density at radius 2 is 1.64 bits per heavy atom. The number of methoxy groups -OCH3 is 1. The highest BCUT2D eigenvalue weighted by atomic mass is 35.5. The molecular weight excluding hydrogens is 332 g/mol. The zero-order valence-corrected chi connectivity index (χ0v) is 14.4. The second-order valence-corrected chi connectivity index (χ2v) is 6.03. The summed E-state index contributed by atoms with van der Waals surface area (Å²) in [6, 6.07) is 21.9. The van der Waals surface area contributed by atoms with Gasteiger partial charge in [0.15, 0.2) is 0 Å². The fourth-order valence-electron chi connectivity index (χ4n) is 2.95. The molecule has 4 heteroatoms. The lowest BCUT2D eigenvalue weighted by Crippen LogP contribution is -1.93. The number of fused-ring (bicyclic) bond motifs is 1. The smallest absolute Gasteiger partial charge is 0.131 e. The van der Waals surface area contributed by atoms with Gasteiger partial charge in [0, 0.05) is 23.2 Å². The SMILES string of the molecule is COc1ccccc1-c1cc(-c2ccccc2)c2cnc(Cl)cc2n1. The van der Waals surface area contributed by atoms with E-state index in [4.69, 9.17) is 21.3 Å². The van der Waals surface area contributed by atoms with Crippen molar-refractivity contribution in [2.24, 2.45) is 0 Å². The Hall–Kier alpha value is -2.91. The van der Waals surface area contributed by atoms with Crippen molar-refractivity contribution in [3.8, 4) is 28.1 Å². The molecule has 2 aromatic heterocycles. The van der Waals surface area contributed by atoms with Gasteiger partial charge in [-0.25, -0.2) is 9.97 Å². The predicted molar refractivity (Wildman–Crippen MR) is 102 cm³/mol. The Morgan fingerprint density at radius 1 is 0.880 bits per heavy atom. The van der Waals surface area contributed by atoms with Crippen LogP contribution < -0.4 is 4.74 Å². The highest BCUT2D eigenvalue weighted by Gasteiger charge is 2.13. The summed E-state index contributed by atoms with van der Waals surface area (Å²) >= 11 is 6.10. The zero-order valence-electron chi connectivity index (χ0n) is 13.6. The van der Waals surface area contributed by atoms with Gasteiger partial charge in [-0.05, 0) is 29.3 Å². The maximum atomic E-state index is 6.10. The van der Waals surface area contributed by atoms with Crippen LogP contribution in [0, 0.1) is 0 Å². The average molecular weight is 347 g/mol. The molecule has 0 bridgehead atoms. The molecular formula is C21H15ClN2O. The first kappa shape index (κ1) is 15.6. The number of benzene rings is 2. The first-order valence-electron chi connectivity index (χ1n) is 7.91. The quantitative estimate of drug-likeness (QED) is 0.451. The van der Waals surface area contributed by atoms with Gasteiger partial charge in [-0.1, -0.05) is 54.1 Å². The number of hydrogen-bond acceptors (Lipinski definition) is 3. The Balaban J connectivity index is 2.04. The zero-order chi connectivity index (χ0) is 17.2. The van der Waals surface area contributed by atoms with Gasteiger partial charge in [0.25, 0.3) is 0 Å². The Bertz CT molecular complexity index is 1050. The minimum absolute atomic E-state index is 0.427. The van der Waals surface area contributed by atoms with Crippen LogP contribution >= 0.6 is 11.6 Å². The van der Waals surface area contributed by atoms with Crippen molar-refractivity contribution in [2.75, 3.05) is 7.11 Å². The van der Waals surface area contributed by atoms with Crippen molar-refractivity contribution < 1.29 is 4.74 Å². The van der Waals surface area contributed by atoms with Crippen LogP contribution in [0.3, 0.4) is 0 Å². The van der Waals surface area contributed by atoms with Crippen molar-refractivity contribution in [3.63, 3.8) is 0 Å². The second-order valence-electron chi connectivity index (χ2n) is 5.65. The van der Waals surface area contributed by atoms with E-state index < -0.39 is 0 Å². The lowest BCUT2D eigenvalue weighted by atomic mass is 9.99. The molecule has 0 saturated heterocycles. The van der Waals surface area contributed by atoms with Crippen molar-refractivity contribution >= 4 is 22.5 Å². The molecule has 0 spiro atoms. The third kappa shape index (κ3) is 2.94. The molecule has 0 unspecified atom stereocenters. The third-order valence-corrected chi connectivity index (χ3v) is 4.34. The Labute approximate surface area is 150 Å². The number of ether oxygens (including phenoxy) is 1.